The molecule has 0 radical (unpaired) electrons. The van der Waals surface area contributed by atoms with Crippen LogP contribution in [0.4, 0.5) is 5.82 Å². The third kappa shape index (κ3) is 2.81. The Morgan fingerprint density at radius 1 is 1.56 bits per heavy atom. The van der Waals surface area contributed by atoms with E-state index in [1.165, 1.54) is 23.7 Å². The maximum atomic E-state index is 12.3. The standard InChI is InChI=1S/C11H16ClN3O3/c1-8(2)14(7-6-12)11(16)9-4-5-10(13(9)3)15(17)18/h4-5,8H,6-7H2,1-3H3. The molecule has 0 spiro atoms. The number of nitrogens with zero attached hydrogens (tertiary/aromatic N) is 3. The van der Waals surface area contributed by atoms with Gasteiger partial charge in [-0.1, -0.05) is 0 Å². The molecule has 0 aromatic carbocycles. The van der Waals surface area contributed by atoms with Crippen molar-refractivity contribution in [1.29, 1.82) is 0 Å². The highest BCUT2D eigenvalue weighted by atomic mass is 35.5. The van der Waals surface area contributed by atoms with Crippen molar-refractivity contribution in [2.24, 2.45) is 7.05 Å². The summed E-state index contributed by atoms with van der Waals surface area (Å²) in [4.78, 5) is 24.1. The van der Waals surface area contributed by atoms with E-state index in [1.807, 2.05) is 13.8 Å². The minimum Gasteiger partial charge on any atom is -0.358 e. The predicted octanol–water partition coefficient (Wildman–Crippen LogP) is 2.02. The highest BCUT2D eigenvalue weighted by Gasteiger charge is 2.26. The van der Waals surface area contributed by atoms with E-state index in [9.17, 15) is 14.9 Å². The van der Waals surface area contributed by atoms with Crippen molar-refractivity contribution in [3.8, 4) is 0 Å². The molecule has 100 valence electrons. The average molecular weight is 274 g/mol. The second-order valence-corrected chi connectivity index (χ2v) is 4.55. The van der Waals surface area contributed by atoms with Gasteiger partial charge in [-0.3, -0.25) is 4.79 Å². The Morgan fingerprint density at radius 3 is 2.56 bits per heavy atom. The molecule has 1 rings (SSSR count). The Morgan fingerprint density at radius 2 is 2.17 bits per heavy atom. The van der Waals surface area contributed by atoms with Crippen LogP contribution in [-0.2, 0) is 7.05 Å². The molecule has 0 atom stereocenters. The summed E-state index contributed by atoms with van der Waals surface area (Å²) in [6.07, 6.45) is 0. The van der Waals surface area contributed by atoms with Gasteiger partial charge in [0.05, 0.1) is 7.05 Å². The molecule has 1 aromatic rings. The molecular weight excluding hydrogens is 258 g/mol. The van der Waals surface area contributed by atoms with Crippen molar-refractivity contribution in [3.63, 3.8) is 0 Å². The zero-order chi connectivity index (χ0) is 13.9. The van der Waals surface area contributed by atoms with E-state index in [-0.39, 0.29) is 17.8 Å². The van der Waals surface area contributed by atoms with Crippen LogP contribution in [0.1, 0.15) is 24.3 Å². The summed E-state index contributed by atoms with van der Waals surface area (Å²) < 4.78 is 1.28. The first-order chi connectivity index (χ1) is 8.40. The topological polar surface area (TPSA) is 68.4 Å². The zero-order valence-corrected chi connectivity index (χ0v) is 11.3. The third-order valence-corrected chi connectivity index (χ3v) is 2.88. The van der Waals surface area contributed by atoms with Gasteiger partial charge in [-0.15, -0.1) is 11.6 Å². The molecule has 0 fully saturated rings. The van der Waals surface area contributed by atoms with E-state index < -0.39 is 4.92 Å². The molecule has 1 amide bonds. The van der Waals surface area contributed by atoms with Crippen molar-refractivity contribution < 1.29 is 9.72 Å². The van der Waals surface area contributed by atoms with E-state index in [1.54, 1.807) is 4.90 Å². The van der Waals surface area contributed by atoms with E-state index in [0.29, 0.717) is 18.1 Å². The van der Waals surface area contributed by atoms with Gasteiger partial charge in [0.1, 0.15) is 0 Å². The Kier molecular flexibility index (Phi) is 4.72. The summed E-state index contributed by atoms with van der Waals surface area (Å²) in [7, 11) is 1.50. The Balaban J connectivity index is 3.06. The summed E-state index contributed by atoms with van der Waals surface area (Å²) in [6.45, 7) is 4.17. The first-order valence-corrected chi connectivity index (χ1v) is 6.10. The van der Waals surface area contributed by atoms with Gasteiger partial charge in [0.25, 0.3) is 5.91 Å². The van der Waals surface area contributed by atoms with Gasteiger partial charge >= 0.3 is 5.82 Å². The van der Waals surface area contributed by atoms with E-state index >= 15 is 0 Å². The molecule has 0 N–H and O–H groups in total. The summed E-state index contributed by atoms with van der Waals surface area (Å²) in [5.41, 5.74) is 0.292. The van der Waals surface area contributed by atoms with Crippen LogP contribution >= 0.6 is 11.6 Å². The smallest absolute Gasteiger partial charge is 0.323 e. The predicted molar refractivity (Wildman–Crippen MR) is 69.0 cm³/mol. The van der Waals surface area contributed by atoms with Crippen molar-refractivity contribution >= 4 is 23.3 Å². The van der Waals surface area contributed by atoms with Gasteiger partial charge in [0, 0.05) is 24.5 Å². The number of aromatic nitrogens is 1. The number of carbonyl (C=O) groups excluding carboxylic acids is 1. The number of rotatable bonds is 5. The van der Waals surface area contributed by atoms with Crippen LogP contribution < -0.4 is 0 Å². The molecule has 0 unspecified atom stereocenters. The molecule has 0 aliphatic heterocycles. The van der Waals surface area contributed by atoms with Crippen LogP contribution in [0.5, 0.6) is 0 Å². The maximum absolute atomic E-state index is 12.3. The summed E-state index contributed by atoms with van der Waals surface area (Å²) >= 11 is 5.66. The number of carbonyl (C=O) groups is 1. The van der Waals surface area contributed by atoms with E-state index in [0.717, 1.165) is 0 Å². The summed E-state index contributed by atoms with van der Waals surface area (Å²) in [6, 6.07) is 2.78. The molecular formula is C11H16ClN3O3. The maximum Gasteiger partial charge on any atom is 0.323 e. The highest BCUT2D eigenvalue weighted by Crippen LogP contribution is 2.17. The lowest BCUT2D eigenvalue weighted by Crippen LogP contribution is -2.39. The lowest BCUT2D eigenvalue weighted by molar-refractivity contribution is -0.391. The lowest BCUT2D eigenvalue weighted by atomic mass is 10.2. The van der Waals surface area contributed by atoms with Crippen molar-refractivity contribution in [2.45, 2.75) is 19.9 Å². The third-order valence-electron chi connectivity index (χ3n) is 2.71. The molecule has 0 aliphatic rings. The van der Waals surface area contributed by atoms with Gasteiger partial charge in [-0.05, 0) is 24.8 Å². The first-order valence-electron chi connectivity index (χ1n) is 5.57. The van der Waals surface area contributed by atoms with E-state index in [4.69, 9.17) is 11.6 Å². The van der Waals surface area contributed by atoms with Crippen LogP contribution in [0, 0.1) is 10.1 Å². The fourth-order valence-electron chi connectivity index (χ4n) is 1.73. The van der Waals surface area contributed by atoms with E-state index in [2.05, 4.69) is 0 Å². The van der Waals surface area contributed by atoms with Crippen LogP contribution in [0.25, 0.3) is 0 Å². The van der Waals surface area contributed by atoms with Gasteiger partial charge in [0.2, 0.25) is 0 Å². The van der Waals surface area contributed by atoms with Crippen molar-refractivity contribution in [2.75, 3.05) is 12.4 Å². The molecule has 0 bridgehead atoms. The zero-order valence-electron chi connectivity index (χ0n) is 10.6. The van der Waals surface area contributed by atoms with Crippen LogP contribution in [-0.4, -0.2) is 38.8 Å². The van der Waals surface area contributed by atoms with Crippen molar-refractivity contribution in [1.82, 2.24) is 9.47 Å². The number of hydrogen-bond acceptors (Lipinski definition) is 3. The minimum absolute atomic E-state index is 0.00907. The molecule has 6 nitrogen and oxygen atoms in total. The van der Waals surface area contributed by atoms with Crippen LogP contribution in [0.3, 0.4) is 0 Å². The lowest BCUT2D eigenvalue weighted by Gasteiger charge is -2.24. The Bertz CT molecular complexity index is 456. The fraction of sp³-hybridized carbons (Fsp3) is 0.545. The molecule has 0 saturated carbocycles. The molecule has 1 aromatic heterocycles. The molecule has 1 heterocycles. The number of hydrogen-bond donors (Lipinski definition) is 0. The summed E-state index contributed by atoms with van der Waals surface area (Å²) in [5.74, 6) is -0.0228. The quantitative estimate of drug-likeness (QED) is 0.468. The molecule has 7 heteroatoms. The van der Waals surface area contributed by atoms with Gasteiger partial charge < -0.3 is 15.0 Å². The van der Waals surface area contributed by atoms with Gasteiger partial charge in [-0.2, -0.15) is 0 Å². The molecule has 0 saturated heterocycles. The largest absolute Gasteiger partial charge is 0.358 e. The van der Waals surface area contributed by atoms with Crippen LogP contribution in [0.15, 0.2) is 12.1 Å². The number of alkyl halides is 1. The number of amides is 1. The minimum atomic E-state index is -0.516. The second-order valence-electron chi connectivity index (χ2n) is 4.17. The van der Waals surface area contributed by atoms with Gasteiger partial charge in [-0.25, -0.2) is 4.57 Å². The monoisotopic (exact) mass is 273 g/mol. The molecule has 0 aliphatic carbocycles. The average Bonchev–Trinajstić information content (AvgIpc) is 2.66. The van der Waals surface area contributed by atoms with Crippen LogP contribution in [0.2, 0.25) is 0 Å². The normalized spacial score (nSPS) is 10.7. The SMILES string of the molecule is CC(C)N(CCCl)C(=O)c1ccc([N+](=O)[O-])n1C. The highest BCUT2D eigenvalue weighted by molar-refractivity contribution is 6.18. The first kappa shape index (κ1) is 14.5. The summed E-state index contributed by atoms with van der Waals surface area (Å²) in [5, 5.41) is 10.7. The van der Waals surface area contributed by atoms with Gasteiger partial charge in [0.15, 0.2) is 5.69 Å². The second kappa shape index (κ2) is 5.86. The van der Waals surface area contributed by atoms with Crippen molar-refractivity contribution in [3.05, 3.63) is 27.9 Å². The fourth-order valence-corrected chi connectivity index (χ4v) is 1.91. The molecule has 18 heavy (non-hydrogen) atoms. The Hall–Kier alpha value is -1.56. The number of nitro groups is 1. The number of halogens is 1. The Labute approximate surface area is 110 Å².